The molecule has 4 nitrogen and oxygen atoms in total. The Hall–Kier alpha value is -1.55. The molecule has 0 bridgehead atoms. The molecule has 19 heavy (non-hydrogen) atoms. The molecule has 0 fully saturated rings. The lowest BCUT2D eigenvalue weighted by Crippen LogP contribution is -2.35. The topological polar surface area (TPSA) is 50.4 Å². The van der Waals surface area contributed by atoms with Gasteiger partial charge >= 0.3 is 0 Å². The molecule has 1 unspecified atom stereocenters. The summed E-state index contributed by atoms with van der Waals surface area (Å²) in [5.74, 6) is 0.860. The minimum Gasteiger partial charge on any atom is -0.497 e. The van der Waals surface area contributed by atoms with Crippen LogP contribution in [0.4, 0.5) is 0 Å². The molecule has 0 radical (unpaired) electrons. The van der Waals surface area contributed by atoms with Crippen molar-refractivity contribution < 1.29 is 9.53 Å². The minimum atomic E-state index is 0.0272. The Morgan fingerprint density at radius 3 is 2.53 bits per heavy atom. The van der Waals surface area contributed by atoms with Crippen LogP contribution in [0.15, 0.2) is 24.3 Å². The number of hydrogen-bond acceptors (Lipinski definition) is 3. The number of methoxy groups -OCH3 is 1. The Kier molecular flexibility index (Phi) is 6.97. The molecule has 1 aromatic carbocycles. The Morgan fingerprint density at radius 2 is 2.00 bits per heavy atom. The molecular weight excluding hydrogens is 240 g/mol. The summed E-state index contributed by atoms with van der Waals surface area (Å²) in [4.78, 5) is 11.7. The van der Waals surface area contributed by atoms with Crippen LogP contribution in [0.3, 0.4) is 0 Å². The molecule has 0 aliphatic carbocycles. The number of carbonyl (C=O) groups excluding carboxylic acids is 1. The van der Waals surface area contributed by atoms with Gasteiger partial charge in [-0.25, -0.2) is 0 Å². The minimum absolute atomic E-state index is 0.0272. The Balaban J connectivity index is 2.73. The highest BCUT2D eigenvalue weighted by molar-refractivity contribution is 5.78. The van der Waals surface area contributed by atoms with E-state index in [0.29, 0.717) is 6.54 Å². The molecule has 0 aliphatic heterocycles. The lowest BCUT2D eigenvalue weighted by atomic mass is 10.0. The first-order valence-electron chi connectivity index (χ1n) is 6.79. The Bertz CT molecular complexity index is 376. The van der Waals surface area contributed by atoms with Crippen LogP contribution < -0.4 is 15.4 Å². The van der Waals surface area contributed by atoms with Gasteiger partial charge < -0.3 is 15.4 Å². The van der Waals surface area contributed by atoms with Gasteiger partial charge in [0.1, 0.15) is 5.75 Å². The lowest BCUT2D eigenvalue weighted by molar-refractivity contribution is -0.120. The van der Waals surface area contributed by atoms with Gasteiger partial charge in [0.25, 0.3) is 0 Å². The first-order chi connectivity index (χ1) is 9.21. The van der Waals surface area contributed by atoms with Gasteiger partial charge in [-0.05, 0) is 31.2 Å². The predicted octanol–water partition coefficient (Wildman–Crippen LogP) is 2.26. The standard InChI is InChI=1S/C15H24N2O2/c1-4-5-6-14(17-15(18)11-16-2)12-7-9-13(19-3)10-8-12/h7-10,14,16H,4-6,11H2,1-3H3,(H,17,18). The molecule has 1 atom stereocenters. The molecule has 0 spiro atoms. The summed E-state index contributed by atoms with van der Waals surface area (Å²) in [5.41, 5.74) is 1.12. The highest BCUT2D eigenvalue weighted by atomic mass is 16.5. The zero-order valence-electron chi connectivity index (χ0n) is 12.0. The lowest BCUT2D eigenvalue weighted by Gasteiger charge is -2.19. The van der Waals surface area contributed by atoms with Crippen LogP contribution in [0.25, 0.3) is 0 Å². The largest absolute Gasteiger partial charge is 0.497 e. The maximum absolute atomic E-state index is 11.7. The van der Waals surface area contributed by atoms with Crippen molar-refractivity contribution in [2.75, 3.05) is 20.7 Å². The van der Waals surface area contributed by atoms with E-state index in [1.807, 2.05) is 24.3 Å². The van der Waals surface area contributed by atoms with Crippen LogP contribution >= 0.6 is 0 Å². The summed E-state index contributed by atoms with van der Waals surface area (Å²) in [6, 6.07) is 7.96. The van der Waals surface area contributed by atoms with Crippen molar-refractivity contribution in [1.82, 2.24) is 10.6 Å². The zero-order chi connectivity index (χ0) is 14.1. The number of hydrogen-bond donors (Lipinski definition) is 2. The zero-order valence-corrected chi connectivity index (χ0v) is 12.0. The number of nitrogens with one attached hydrogen (secondary N) is 2. The molecule has 0 aliphatic rings. The van der Waals surface area contributed by atoms with E-state index in [0.717, 1.165) is 30.6 Å². The van der Waals surface area contributed by atoms with Gasteiger partial charge in [0.05, 0.1) is 19.7 Å². The van der Waals surface area contributed by atoms with Gasteiger partial charge in [0.2, 0.25) is 5.91 Å². The van der Waals surface area contributed by atoms with E-state index in [-0.39, 0.29) is 11.9 Å². The van der Waals surface area contributed by atoms with E-state index in [2.05, 4.69) is 17.6 Å². The molecular formula is C15H24N2O2. The average Bonchev–Trinajstić information content (AvgIpc) is 2.44. The number of rotatable bonds is 8. The van der Waals surface area contributed by atoms with Crippen LogP contribution in [0.2, 0.25) is 0 Å². The fraction of sp³-hybridized carbons (Fsp3) is 0.533. The van der Waals surface area contributed by atoms with Gasteiger partial charge in [0, 0.05) is 0 Å². The van der Waals surface area contributed by atoms with E-state index >= 15 is 0 Å². The van der Waals surface area contributed by atoms with Crippen LogP contribution in [-0.2, 0) is 4.79 Å². The Morgan fingerprint density at radius 1 is 1.32 bits per heavy atom. The van der Waals surface area contributed by atoms with Crippen LogP contribution in [0, 0.1) is 0 Å². The van der Waals surface area contributed by atoms with Crippen LogP contribution in [-0.4, -0.2) is 26.6 Å². The van der Waals surface area contributed by atoms with E-state index in [1.165, 1.54) is 0 Å². The van der Waals surface area contributed by atoms with E-state index in [1.54, 1.807) is 14.2 Å². The third kappa shape index (κ3) is 5.30. The summed E-state index contributed by atoms with van der Waals surface area (Å²) in [5, 5.41) is 5.93. The van der Waals surface area contributed by atoms with Gasteiger partial charge in [-0.15, -0.1) is 0 Å². The third-order valence-corrected chi connectivity index (χ3v) is 3.04. The SMILES string of the molecule is CCCCC(NC(=O)CNC)c1ccc(OC)cc1. The molecule has 1 amide bonds. The predicted molar refractivity (Wildman–Crippen MR) is 77.3 cm³/mol. The Labute approximate surface area is 115 Å². The summed E-state index contributed by atoms with van der Waals surface area (Å²) < 4.78 is 5.15. The fourth-order valence-corrected chi connectivity index (χ4v) is 1.97. The fourth-order valence-electron chi connectivity index (χ4n) is 1.97. The summed E-state index contributed by atoms with van der Waals surface area (Å²) in [6.07, 6.45) is 3.17. The van der Waals surface area contributed by atoms with Gasteiger partial charge in [0.15, 0.2) is 0 Å². The molecule has 106 valence electrons. The number of unbranched alkanes of at least 4 members (excludes halogenated alkanes) is 1. The monoisotopic (exact) mass is 264 g/mol. The molecule has 1 rings (SSSR count). The maximum atomic E-state index is 11.7. The second-order valence-corrected chi connectivity index (χ2v) is 4.57. The van der Waals surface area contributed by atoms with Crippen molar-refractivity contribution in [3.8, 4) is 5.75 Å². The number of ether oxygens (including phenoxy) is 1. The summed E-state index contributed by atoms with van der Waals surface area (Å²) >= 11 is 0. The molecule has 0 saturated carbocycles. The van der Waals surface area contributed by atoms with Crippen molar-refractivity contribution in [2.24, 2.45) is 0 Å². The van der Waals surface area contributed by atoms with Crippen molar-refractivity contribution in [1.29, 1.82) is 0 Å². The van der Waals surface area contributed by atoms with Crippen LogP contribution in [0.5, 0.6) is 5.75 Å². The number of benzene rings is 1. The number of amides is 1. The summed E-state index contributed by atoms with van der Waals surface area (Å²) in [6.45, 7) is 2.50. The average molecular weight is 264 g/mol. The number of likely N-dealkylation sites (N-methyl/N-ethyl adjacent to an activating group) is 1. The van der Waals surface area contributed by atoms with Crippen molar-refractivity contribution in [2.45, 2.75) is 32.2 Å². The number of carbonyl (C=O) groups is 1. The second-order valence-electron chi connectivity index (χ2n) is 4.57. The molecule has 2 N–H and O–H groups in total. The van der Waals surface area contributed by atoms with E-state index in [4.69, 9.17) is 4.74 Å². The van der Waals surface area contributed by atoms with E-state index < -0.39 is 0 Å². The van der Waals surface area contributed by atoms with Crippen molar-refractivity contribution in [3.63, 3.8) is 0 Å². The van der Waals surface area contributed by atoms with Gasteiger partial charge in [-0.3, -0.25) is 4.79 Å². The molecule has 0 aromatic heterocycles. The first-order valence-corrected chi connectivity index (χ1v) is 6.79. The summed E-state index contributed by atoms with van der Waals surface area (Å²) in [7, 11) is 3.42. The van der Waals surface area contributed by atoms with Gasteiger partial charge in [-0.2, -0.15) is 0 Å². The van der Waals surface area contributed by atoms with E-state index in [9.17, 15) is 4.79 Å². The van der Waals surface area contributed by atoms with Gasteiger partial charge in [-0.1, -0.05) is 31.9 Å². The highest BCUT2D eigenvalue weighted by Gasteiger charge is 2.13. The maximum Gasteiger partial charge on any atom is 0.234 e. The third-order valence-electron chi connectivity index (χ3n) is 3.04. The highest BCUT2D eigenvalue weighted by Crippen LogP contribution is 2.22. The molecule has 1 aromatic rings. The molecule has 4 heteroatoms. The first kappa shape index (κ1) is 15.5. The second kappa shape index (κ2) is 8.53. The van der Waals surface area contributed by atoms with Crippen molar-refractivity contribution in [3.05, 3.63) is 29.8 Å². The quantitative estimate of drug-likeness (QED) is 0.757. The molecule has 0 heterocycles. The molecule has 0 saturated heterocycles. The smallest absolute Gasteiger partial charge is 0.234 e. The van der Waals surface area contributed by atoms with Crippen LogP contribution in [0.1, 0.15) is 37.8 Å². The normalized spacial score (nSPS) is 11.9. The van der Waals surface area contributed by atoms with Crippen molar-refractivity contribution >= 4 is 5.91 Å².